The van der Waals surface area contributed by atoms with Crippen molar-refractivity contribution in [3.8, 4) is 0 Å². The summed E-state index contributed by atoms with van der Waals surface area (Å²) >= 11 is 0. The van der Waals surface area contributed by atoms with E-state index in [4.69, 9.17) is 4.42 Å². The van der Waals surface area contributed by atoms with E-state index in [0.717, 1.165) is 4.31 Å². The number of nitrogens with one attached hydrogen (secondary N) is 1. The number of carbonyl (C=O) groups excluding carboxylic acids is 1. The molecule has 0 aliphatic heterocycles. The molecule has 8 heteroatoms. The first-order valence-corrected chi connectivity index (χ1v) is 7.62. The molecule has 0 spiro atoms. The summed E-state index contributed by atoms with van der Waals surface area (Å²) in [6, 6.07) is 3.22. The average molecular weight is 304 g/mol. The molecule has 0 aliphatic carbocycles. The Morgan fingerprint density at radius 2 is 2.25 bits per heavy atom. The van der Waals surface area contributed by atoms with E-state index >= 15 is 0 Å². The Hall–Kier alpha value is -1.38. The van der Waals surface area contributed by atoms with Gasteiger partial charge in [-0.25, -0.2) is 0 Å². The highest BCUT2D eigenvalue weighted by Crippen LogP contribution is 2.06. The first-order chi connectivity index (χ1) is 9.35. The van der Waals surface area contributed by atoms with Crippen LogP contribution in [0.25, 0.3) is 0 Å². The average Bonchev–Trinajstić information content (AvgIpc) is 2.87. The Morgan fingerprint density at radius 3 is 2.80 bits per heavy atom. The number of rotatable bonds is 8. The topological polar surface area (TPSA) is 88.8 Å². The van der Waals surface area contributed by atoms with Crippen LogP contribution in [0.1, 0.15) is 19.1 Å². The SMILES string of the molecule is COC(=O)CCN(C)S(=O)(=O)NC(C)Cc1ccco1. The summed E-state index contributed by atoms with van der Waals surface area (Å²) < 4.78 is 37.2. The van der Waals surface area contributed by atoms with Crippen LogP contribution >= 0.6 is 0 Å². The molecule has 0 radical (unpaired) electrons. The summed E-state index contributed by atoms with van der Waals surface area (Å²) in [5, 5.41) is 0. The van der Waals surface area contributed by atoms with Gasteiger partial charge in [-0.1, -0.05) is 0 Å². The van der Waals surface area contributed by atoms with Crippen molar-refractivity contribution in [1.29, 1.82) is 0 Å². The first kappa shape index (κ1) is 16.7. The summed E-state index contributed by atoms with van der Waals surface area (Å²) in [5.74, 6) is 0.257. The van der Waals surface area contributed by atoms with Gasteiger partial charge in [-0.2, -0.15) is 17.4 Å². The van der Waals surface area contributed by atoms with Crippen molar-refractivity contribution in [2.24, 2.45) is 0 Å². The molecule has 20 heavy (non-hydrogen) atoms. The lowest BCUT2D eigenvalue weighted by atomic mass is 10.2. The van der Waals surface area contributed by atoms with E-state index < -0.39 is 16.2 Å². The lowest BCUT2D eigenvalue weighted by molar-refractivity contribution is -0.140. The fourth-order valence-electron chi connectivity index (χ4n) is 1.59. The molecule has 1 rings (SSSR count). The maximum atomic E-state index is 12.0. The predicted molar refractivity (Wildman–Crippen MR) is 73.2 cm³/mol. The van der Waals surface area contributed by atoms with Crippen molar-refractivity contribution in [2.75, 3.05) is 20.7 Å². The maximum Gasteiger partial charge on any atom is 0.306 e. The molecule has 0 aromatic carbocycles. The van der Waals surface area contributed by atoms with Gasteiger partial charge in [-0.15, -0.1) is 0 Å². The Labute approximate surface area is 119 Å². The van der Waals surface area contributed by atoms with E-state index in [1.54, 1.807) is 25.3 Å². The monoisotopic (exact) mass is 304 g/mol. The second-order valence-electron chi connectivity index (χ2n) is 4.46. The molecule has 1 aromatic rings. The second kappa shape index (κ2) is 7.41. The molecule has 0 bridgehead atoms. The molecule has 0 saturated carbocycles. The highest BCUT2D eigenvalue weighted by molar-refractivity contribution is 7.87. The number of carbonyl (C=O) groups is 1. The third-order valence-corrected chi connectivity index (χ3v) is 4.41. The van der Waals surface area contributed by atoms with Crippen LogP contribution in [-0.4, -0.2) is 45.4 Å². The summed E-state index contributed by atoms with van der Waals surface area (Å²) in [6.07, 6.45) is 2.01. The number of ether oxygens (including phenoxy) is 1. The number of methoxy groups -OCH3 is 1. The Kier molecular flexibility index (Phi) is 6.18. The van der Waals surface area contributed by atoms with Gasteiger partial charge in [0.1, 0.15) is 5.76 Å². The normalized spacial score (nSPS) is 13.4. The van der Waals surface area contributed by atoms with E-state index in [2.05, 4.69) is 9.46 Å². The molecule has 1 unspecified atom stereocenters. The molecular weight excluding hydrogens is 284 g/mol. The van der Waals surface area contributed by atoms with Gasteiger partial charge in [0.25, 0.3) is 10.2 Å². The fourth-order valence-corrected chi connectivity index (χ4v) is 2.69. The van der Waals surface area contributed by atoms with Crippen LogP contribution in [0.5, 0.6) is 0 Å². The number of nitrogens with zero attached hydrogens (tertiary/aromatic N) is 1. The highest BCUT2D eigenvalue weighted by atomic mass is 32.2. The lowest BCUT2D eigenvalue weighted by Crippen LogP contribution is -2.44. The molecule has 7 nitrogen and oxygen atoms in total. The van der Waals surface area contributed by atoms with Crippen molar-refractivity contribution in [3.63, 3.8) is 0 Å². The molecule has 1 N–H and O–H groups in total. The highest BCUT2D eigenvalue weighted by Gasteiger charge is 2.21. The Balaban J connectivity index is 2.48. The summed E-state index contributed by atoms with van der Waals surface area (Å²) in [5.41, 5.74) is 0. The van der Waals surface area contributed by atoms with E-state index in [1.807, 2.05) is 0 Å². The fraction of sp³-hybridized carbons (Fsp3) is 0.583. The van der Waals surface area contributed by atoms with Crippen molar-refractivity contribution in [2.45, 2.75) is 25.8 Å². The van der Waals surface area contributed by atoms with Crippen molar-refractivity contribution < 1.29 is 22.4 Å². The van der Waals surface area contributed by atoms with Gasteiger partial charge >= 0.3 is 5.97 Å². The van der Waals surface area contributed by atoms with Gasteiger partial charge in [-0.3, -0.25) is 4.79 Å². The molecule has 0 fully saturated rings. The van der Waals surface area contributed by atoms with Gasteiger partial charge in [0, 0.05) is 26.1 Å². The van der Waals surface area contributed by atoms with Crippen LogP contribution in [0.15, 0.2) is 22.8 Å². The second-order valence-corrected chi connectivity index (χ2v) is 6.26. The van der Waals surface area contributed by atoms with E-state index in [1.165, 1.54) is 14.2 Å². The van der Waals surface area contributed by atoms with Crippen LogP contribution in [-0.2, 0) is 26.2 Å². The summed E-state index contributed by atoms with van der Waals surface area (Å²) in [7, 11) is -0.961. The van der Waals surface area contributed by atoms with Crippen LogP contribution in [0.3, 0.4) is 0 Å². The standard InChI is InChI=1S/C12H20N2O5S/c1-10(9-11-5-4-8-19-11)13-20(16,17)14(2)7-6-12(15)18-3/h4-5,8,10,13H,6-7,9H2,1-3H3. The summed E-state index contributed by atoms with van der Waals surface area (Å²) in [4.78, 5) is 11.0. The largest absolute Gasteiger partial charge is 0.469 e. The van der Waals surface area contributed by atoms with Crippen molar-refractivity contribution in [1.82, 2.24) is 9.03 Å². The predicted octanol–water partition coefficient (Wildman–Crippen LogP) is 0.540. The molecule has 114 valence electrons. The number of esters is 1. The molecule has 1 aromatic heterocycles. The van der Waals surface area contributed by atoms with Crippen molar-refractivity contribution in [3.05, 3.63) is 24.2 Å². The number of hydrogen-bond acceptors (Lipinski definition) is 5. The third-order valence-electron chi connectivity index (χ3n) is 2.71. The first-order valence-electron chi connectivity index (χ1n) is 6.18. The summed E-state index contributed by atoms with van der Waals surface area (Å²) in [6.45, 7) is 1.81. The van der Waals surface area contributed by atoms with Crippen LogP contribution in [0.4, 0.5) is 0 Å². The minimum absolute atomic E-state index is 0.0144. The molecule has 0 aliphatic rings. The molecule has 0 saturated heterocycles. The number of furan rings is 1. The Morgan fingerprint density at radius 1 is 1.55 bits per heavy atom. The van der Waals surface area contributed by atoms with Gasteiger partial charge in [-0.05, 0) is 19.1 Å². The lowest BCUT2D eigenvalue weighted by Gasteiger charge is -2.20. The quantitative estimate of drug-likeness (QED) is 0.708. The van der Waals surface area contributed by atoms with Crippen molar-refractivity contribution >= 4 is 16.2 Å². The zero-order valence-electron chi connectivity index (χ0n) is 11.8. The van der Waals surface area contributed by atoms with Gasteiger partial charge in [0.05, 0.1) is 19.8 Å². The molecule has 1 atom stereocenters. The van der Waals surface area contributed by atoms with Crippen LogP contribution in [0.2, 0.25) is 0 Å². The van der Waals surface area contributed by atoms with Gasteiger partial charge in [0.2, 0.25) is 0 Å². The van der Waals surface area contributed by atoms with Crippen LogP contribution < -0.4 is 4.72 Å². The van der Waals surface area contributed by atoms with Gasteiger partial charge < -0.3 is 9.15 Å². The van der Waals surface area contributed by atoms with E-state index in [0.29, 0.717) is 12.2 Å². The molecular formula is C12H20N2O5S. The zero-order valence-corrected chi connectivity index (χ0v) is 12.6. The molecule has 0 amide bonds. The minimum atomic E-state index is -3.63. The van der Waals surface area contributed by atoms with Gasteiger partial charge in [0.15, 0.2) is 0 Å². The van der Waals surface area contributed by atoms with E-state index in [-0.39, 0.29) is 19.0 Å². The molecule has 1 heterocycles. The Bertz CT molecular complexity index is 512. The minimum Gasteiger partial charge on any atom is -0.469 e. The third kappa shape index (κ3) is 5.32. The zero-order chi connectivity index (χ0) is 15.2. The maximum absolute atomic E-state index is 12.0. The van der Waals surface area contributed by atoms with E-state index in [9.17, 15) is 13.2 Å². The van der Waals surface area contributed by atoms with Crippen LogP contribution in [0, 0.1) is 0 Å². The number of hydrogen-bond donors (Lipinski definition) is 1. The smallest absolute Gasteiger partial charge is 0.306 e.